The molecule has 33 heavy (non-hydrogen) atoms. The highest BCUT2D eigenvalue weighted by atomic mass is 32.2. The van der Waals surface area contributed by atoms with Crippen LogP contribution in [0.4, 0.5) is 0 Å². The molecule has 2 aromatic carbocycles. The first-order valence-electron chi connectivity index (χ1n) is 11.9. The average molecular weight is 474 g/mol. The molecule has 0 saturated heterocycles. The van der Waals surface area contributed by atoms with Gasteiger partial charge in [0.15, 0.2) is 0 Å². The number of aromatic carboxylic acids is 2. The summed E-state index contributed by atoms with van der Waals surface area (Å²) in [4.78, 5) is 23.1. The SMILES string of the molecule is CCCC[N+](C)(CCCC)CCCC.O=C([O-])c1ccc(Sc2ccc(C(=O)O)cc2)cc1. The molecular formula is C27H39NO4S. The normalized spacial score (nSPS) is 10.9. The van der Waals surface area contributed by atoms with Crippen LogP contribution in [0.2, 0.25) is 0 Å². The molecule has 0 spiro atoms. The van der Waals surface area contributed by atoms with Gasteiger partial charge in [0.1, 0.15) is 0 Å². The zero-order valence-corrected chi connectivity index (χ0v) is 21.3. The molecule has 2 rings (SSSR count). The number of hydrogen-bond donors (Lipinski definition) is 1. The molecule has 0 radical (unpaired) electrons. The molecule has 0 heterocycles. The van der Waals surface area contributed by atoms with E-state index in [1.165, 1.54) is 98.7 Å². The summed E-state index contributed by atoms with van der Waals surface area (Å²) in [5, 5.41) is 19.4. The fourth-order valence-electron chi connectivity index (χ4n) is 3.42. The molecular weight excluding hydrogens is 434 g/mol. The van der Waals surface area contributed by atoms with Crippen molar-refractivity contribution in [2.24, 2.45) is 0 Å². The van der Waals surface area contributed by atoms with Crippen LogP contribution in [0.15, 0.2) is 58.3 Å². The van der Waals surface area contributed by atoms with Gasteiger partial charge in [-0.1, -0.05) is 63.9 Å². The molecule has 0 aliphatic heterocycles. The van der Waals surface area contributed by atoms with E-state index in [0.29, 0.717) is 0 Å². The quantitative estimate of drug-likeness (QED) is 0.376. The molecule has 0 aliphatic carbocycles. The van der Waals surface area contributed by atoms with Gasteiger partial charge in [0, 0.05) is 9.79 Å². The maximum Gasteiger partial charge on any atom is 0.335 e. The van der Waals surface area contributed by atoms with Crippen molar-refractivity contribution in [3.63, 3.8) is 0 Å². The Morgan fingerprint density at radius 2 is 1.12 bits per heavy atom. The summed E-state index contributed by atoms with van der Waals surface area (Å²) < 4.78 is 1.32. The highest BCUT2D eigenvalue weighted by Gasteiger charge is 2.18. The average Bonchev–Trinajstić information content (AvgIpc) is 2.81. The second-order valence-corrected chi connectivity index (χ2v) is 9.74. The van der Waals surface area contributed by atoms with Gasteiger partial charge in [-0.15, -0.1) is 0 Å². The highest BCUT2D eigenvalue weighted by Crippen LogP contribution is 2.27. The molecule has 0 aliphatic rings. The van der Waals surface area contributed by atoms with Crippen LogP contribution < -0.4 is 5.11 Å². The monoisotopic (exact) mass is 473 g/mol. The Morgan fingerprint density at radius 3 is 1.42 bits per heavy atom. The van der Waals surface area contributed by atoms with E-state index in [0.717, 1.165) is 9.79 Å². The van der Waals surface area contributed by atoms with Crippen molar-refractivity contribution in [2.45, 2.75) is 69.1 Å². The van der Waals surface area contributed by atoms with Gasteiger partial charge in [-0.25, -0.2) is 4.79 Å². The molecule has 0 unspecified atom stereocenters. The predicted octanol–water partition coefficient (Wildman–Crippen LogP) is 5.73. The molecule has 5 nitrogen and oxygen atoms in total. The van der Waals surface area contributed by atoms with Crippen molar-refractivity contribution in [1.29, 1.82) is 0 Å². The van der Waals surface area contributed by atoms with Crippen LogP contribution in [0.3, 0.4) is 0 Å². The van der Waals surface area contributed by atoms with Crippen LogP contribution in [0.1, 0.15) is 80.0 Å². The minimum Gasteiger partial charge on any atom is -0.545 e. The summed E-state index contributed by atoms with van der Waals surface area (Å²) in [7, 11) is 2.45. The number of carbonyl (C=O) groups is 2. The third-order valence-electron chi connectivity index (χ3n) is 5.58. The van der Waals surface area contributed by atoms with E-state index in [-0.39, 0.29) is 11.1 Å². The molecule has 0 bridgehead atoms. The molecule has 0 saturated carbocycles. The fourth-order valence-corrected chi connectivity index (χ4v) is 4.23. The predicted molar refractivity (Wildman–Crippen MR) is 134 cm³/mol. The van der Waals surface area contributed by atoms with Crippen LogP contribution in [0, 0.1) is 0 Å². The first-order valence-corrected chi connectivity index (χ1v) is 12.7. The van der Waals surface area contributed by atoms with E-state index in [1.54, 1.807) is 24.3 Å². The van der Waals surface area contributed by atoms with Gasteiger partial charge in [-0.05, 0) is 61.2 Å². The highest BCUT2D eigenvalue weighted by molar-refractivity contribution is 7.99. The van der Waals surface area contributed by atoms with Crippen molar-refractivity contribution in [3.8, 4) is 0 Å². The lowest BCUT2D eigenvalue weighted by Crippen LogP contribution is -2.46. The Labute approximate surface area is 203 Å². The summed E-state index contributed by atoms with van der Waals surface area (Å²) in [6, 6.07) is 12.8. The zero-order valence-electron chi connectivity index (χ0n) is 20.5. The summed E-state index contributed by atoms with van der Waals surface area (Å²) in [6.07, 6.45) is 8.20. The van der Waals surface area contributed by atoms with Crippen molar-refractivity contribution in [1.82, 2.24) is 0 Å². The first kappa shape index (κ1) is 28.7. The second-order valence-electron chi connectivity index (χ2n) is 8.59. The Balaban J connectivity index is 0.000000349. The zero-order chi connectivity index (χ0) is 24.7. The van der Waals surface area contributed by atoms with E-state index in [1.807, 2.05) is 0 Å². The van der Waals surface area contributed by atoms with Crippen LogP contribution in [0.25, 0.3) is 0 Å². The van der Waals surface area contributed by atoms with Crippen molar-refractivity contribution in [3.05, 3.63) is 59.7 Å². The van der Waals surface area contributed by atoms with Crippen LogP contribution >= 0.6 is 11.8 Å². The second kappa shape index (κ2) is 15.5. The number of rotatable bonds is 13. The smallest absolute Gasteiger partial charge is 0.335 e. The Morgan fingerprint density at radius 1 is 0.758 bits per heavy atom. The Kier molecular flexibility index (Phi) is 13.5. The van der Waals surface area contributed by atoms with E-state index < -0.39 is 11.9 Å². The van der Waals surface area contributed by atoms with E-state index >= 15 is 0 Å². The van der Waals surface area contributed by atoms with Crippen molar-refractivity contribution < 1.29 is 24.3 Å². The lowest BCUT2D eigenvalue weighted by molar-refractivity contribution is -0.910. The Hall–Kier alpha value is -2.31. The Bertz CT molecular complexity index is 757. The largest absolute Gasteiger partial charge is 0.545 e. The number of benzene rings is 2. The van der Waals surface area contributed by atoms with Gasteiger partial charge < -0.3 is 19.5 Å². The lowest BCUT2D eigenvalue weighted by Gasteiger charge is -2.34. The number of carboxylic acids is 2. The number of hydrogen-bond acceptors (Lipinski definition) is 4. The molecule has 6 heteroatoms. The minimum atomic E-state index is -1.21. The summed E-state index contributed by atoms with van der Waals surface area (Å²) in [6.45, 7) is 11.0. The van der Waals surface area contributed by atoms with Gasteiger partial charge in [0.2, 0.25) is 0 Å². The van der Waals surface area contributed by atoms with E-state index in [4.69, 9.17) is 5.11 Å². The molecule has 2 aromatic rings. The molecule has 182 valence electrons. The van der Waals surface area contributed by atoms with Gasteiger partial charge in [0.25, 0.3) is 0 Å². The molecule has 0 fully saturated rings. The van der Waals surface area contributed by atoms with Gasteiger partial charge in [0.05, 0.1) is 38.2 Å². The van der Waals surface area contributed by atoms with Gasteiger partial charge in [-0.2, -0.15) is 0 Å². The minimum absolute atomic E-state index is 0.130. The molecule has 0 amide bonds. The summed E-state index contributed by atoms with van der Waals surface area (Å²) in [5.74, 6) is -2.17. The number of nitrogens with zero attached hydrogens (tertiary/aromatic N) is 1. The third-order valence-corrected chi connectivity index (χ3v) is 6.60. The van der Waals surface area contributed by atoms with Crippen LogP contribution in [0.5, 0.6) is 0 Å². The topological polar surface area (TPSA) is 77.4 Å². The van der Waals surface area contributed by atoms with E-state index in [2.05, 4.69) is 27.8 Å². The number of unbranched alkanes of at least 4 members (excludes halogenated alkanes) is 3. The standard InChI is InChI=1S/C14H10O4S.C13H30N/c15-13(16)9-1-5-11(6-2-9)19-12-7-3-10(4-8-12)14(17)18;1-5-8-11-14(4,12-9-6-2)13-10-7-3/h1-8H,(H,15,16)(H,17,18);5-13H2,1-4H3/q;+1/p-1. The van der Waals surface area contributed by atoms with Gasteiger partial charge >= 0.3 is 5.97 Å². The first-order chi connectivity index (χ1) is 15.7. The maximum absolute atomic E-state index is 10.7. The number of carboxylic acid groups (broad SMARTS) is 2. The molecule has 0 aromatic heterocycles. The van der Waals surface area contributed by atoms with Crippen molar-refractivity contribution in [2.75, 3.05) is 26.7 Å². The molecule has 1 N–H and O–H groups in total. The van der Waals surface area contributed by atoms with Crippen LogP contribution in [-0.2, 0) is 0 Å². The molecule has 0 atom stereocenters. The van der Waals surface area contributed by atoms with Crippen molar-refractivity contribution >= 4 is 23.7 Å². The van der Waals surface area contributed by atoms with E-state index in [9.17, 15) is 14.7 Å². The summed E-state index contributed by atoms with van der Waals surface area (Å²) in [5.41, 5.74) is 0.363. The number of carbonyl (C=O) groups excluding carboxylic acids is 1. The fraction of sp³-hybridized carbons (Fsp3) is 0.481. The summed E-state index contributed by atoms with van der Waals surface area (Å²) >= 11 is 1.42. The third kappa shape index (κ3) is 11.4. The van der Waals surface area contributed by atoms with Crippen LogP contribution in [-0.4, -0.2) is 48.2 Å². The lowest BCUT2D eigenvalue weighted by atomic mass is 10.2. The maximum atomic E-state index is 10.7. The number of quaternary nitrogens is 1. The van der Waals surface area contributed by atoms with Gasteiger partial charge in [-0.3, -0.25) is 0 Å².